The van der Waals surface area contributed by atoms with Crippen molar-refractivity contribution in [2.24, 2.45) is 0 Å². The number of halogens is 4. The van der Waals surface area contributed by atoms with E-state index < -0.39 is 18.4 Å². The maximum atomic E-state index is 13.5. The molecule has 1 heterocycles. The van der Waals surface area contributed by atoms with Gasteiger partial charge in [-0.05, 0) is 55.1 Å². The molecule has 2 atom stereocenters. The van der Waals surface area contributed by atoms with Crippen molar-refractivity contribution in [2.75, 3.05) is 25.0 Å². The van der Waals surface area contributed by atoms with Crippen LogP contribution in [0.1, 0.15) is 24.3 Å². The molecule has 1 amide bonds. The number of carbonyl (C=O) groups is 1. The zero-order valence-corrected chi connectivity index (χ0v) is 16.4. The van der Waals surface area contributed by atoms with Crippen LogP contribution in [0, 0.1) is 0 Å². The van der Waals surface area contributed by atoms with Crippen LogP contribution in [0.5, 0.6) is 0 Å². The fraction of sp³-hybridized carbons (Fsp3) is 0.381. The van der Waals surface area contributed by atoms with E-state index in [2.05, 4.69) is 5.32 Å². The number of nitrogens with one attached hydrogen (secondary N) is 1. The van der Waals surface area contributed by atoms with Crippen molar-refractivity contribution < 1.29 is 22.7 Å². The third-order valence-corrected chi connectivity index (χ3v) is 5.16. The Labute approximate surface area is 172 Å². The molecule has 4 nitrogen and oxygen atoms in total. The normalized spacial score (nSPS) is 18.8. The van der Waals surface area contributed by atoms with Crippen LogP contribution in [0.25, 0.3) is 0 Å². The van der Waals surface area contributed by atoms with E-state index in [0.717, 1.165) is 18.4 Å². The molecule has 1 fully saturated rings. The summed E-state index contributed by atoms with van der Waals surface area (Å²) < 4.78 is 45.2. The minimum absolute atomic E-state index is 0.168. The molecule has 8 heteroatoms. The number of likely N-dealkylation sites (tertiary alicyclic amines) is 1. The van der Waals surface area contributed by atoms with Crippen molar-refractivity contribution in [1.29, 1.82) is 0 Å². The molecule has 1 N–H and O–H groups in total. The van der Waals surface area contributed by atoms with Gasteiger partial charge < -0.3 is 4.74 Å². The maximum absolute atomic E-state index is 13.5. The minimum Gasteiger partial charge on any atom is -0.435 e. The highest BCUT2D eigenvalue weighted by atomic mass is 35.5. The second kappa shape index (κ2) is 9.50. The molecule has 29 heavy (non-hydrogen) atoms. The van der Waals surface area contributed by atoms with E-state index in [1.165, 1.54) is 24.3 Å². The average Bonchev–Trinajstić information content (AvgIpc) is 2.69. The highest BCUT2D eigenvalue weighted by Crippen LogP contribution is 2.30. The van der Waals surface area contributed by atoms with E-state index >= 15 is 0 Å². The van der Waals surface area contributed by atoms with Crippen LogP contribution in [0.2, 0.25) is 5.02 Å². The lowest BCUT2D eigenvalue weighted by molar-refractivity contribution is -0.207. The summed E-state index contributed by atoms with van der Waals surface area (Å²) in [7, 11) is 0. The van der Waals surface area contributed by atoms with Gasteiger partial charge in [0.25, 0.3) is 0 Å². The van der Waals surface area contributed by atoms with Crippen LogP contribution >= 0.6 is 11.6 Å². The van der Waals surface area contributed by atoms with Crippen LogP contribution < -0.4 is 5.32 Å². The maximum Gasteiger partial charge on any atom is 0.426 e. The Morgan fingerprint density at radius 1 is 1.17 bits per heavy atom. The monoisotopic (exact) mass is 426 g/mol. The Bertz CT molecular complexity index is 800. The molecule has 0 bridgehead atoms. The van der Waals surface area contributed by atoms with Gasteiger partial charge in [-0.25, -0.2) is 4.79 Å². The molecule has 0 saturated carbocycles. The fourth-order valence-corrected chi connectivity index (χ4v) is 3.60. The number of rotatable bonds is 5. The van der Waals surface area contributed by atoms with Gasteiger partial charge in [-0.2, -0.15) is 13.2 Å². The van der Waals surface area contributed by atoms with Crippen LogP contribution in [0.15, 0.2) is 54.6 Å². The number of hydrogen-bond donors (Lipinski definition) is 1. The summed E-state index contributed by atoms with van der Waals surface area (Å²) in [5.74, 6) is 0.168. The molecule has 0 spiro atoms. The Morgan fingerprint density at radius 2 is 1.86 bits per heavy atom. The van der Waals surface area contributed by atoms with E-state index in [9.17, 15) is 18.0 Å². The molecule has 2 aromatic carbocycles. The third-order valence-electron chi connectivity index (χ3n) is 4.91. The Kier molecular flexibility index (Phi) is 7.03. The molecule has 1 saturated heterocycles. The summed E-state index contributed by atoms with van der Waals surface area (Å²) in [5, 5.41) is 2.76. The molecule has 0 aliphatic carbocycles. The van der Waals surface area contributed by atoms with Gasteiger partial charge in [-0.15, -0.1) is 0 Å². The predicted molar refractivity (Wildman–Crippen MR) is 106 cm³/mol. The van der Waals surface area contributed by atoms with Crippen molar-refractivity contribution in [3.8, 4) is 0 Å². The second-order valence-corrected chi connectivity index (χ2v) is 7.51. The first-order valence-electron chi connectivity index (χ1n) is 9.38. The summed E-state index contributed by atoms with van der Waals surface area (Å²) in [6.07, 6.45) is -6.29. The van der Waals surface area contributed by atoms with Crippen molar-refractivity contribution in [3.63, 3.8) is 0 Å². The zero-order chi connectivity index (χ0) is 20.9. The van der Waals surface area contributed by atoms with E-state index in [1.807, 2.05) is 30.3 Å². The minimum atomic E-state index is -4.66. The standard InChI is InChI=1S/C21H22ClF3N2O2/c22-17-8-10-18(11-9-17)26-20(28)29-19(21(23,24)25)14-27-12-4-7-16(13-27)15-5-2-1-3-6-15/h1-3,5-6,8-11,16,19H,4,7,12-14H2,(H,26,28)/t16-,19-/m0/s1. The smallest absolute Gasteiger partial charge is 0.426 e. The Morgan fingerprint density at radius 3 is 2.52 bits per heavy atom. The molecule has 2 aromatic rings. The molecular weight excluding hydrogens is 405 g/mol. The van der Waals surface area contributed by atoms with Crippen LogP contribution in [0.3, 0.4) is 0 Å². The van der Waals surface area contributed by atoms with Crippen LogP contribution in [-0.2, 0) is 4.74 Å². The number of carbonyl (C=O) groups excluding carboxylic acids is 1. The molecule has 0 unspecified atom stereocenters. The molecule has 1 aliphatic rings. The third kappa shape index (κ3) is 6.37. The quantitative estimate of drug-likeness (QED) is 0.666. The van der Waals surface area contributed by atoms with Crippen LogP contribution in [0.4, 0.5) is 23.7 Å². The van der Waals surface area contributed by atoms with Gasteiger partial charge in [0.15, 0.2) is 0 Å². The average molecular weight is 427 g/mol. The molecule has 0 radical (unpaired) electrons. The summed E-state index contributed by atoms with van der Waals surface area (Å²) in [5.41, 5.74) is 1.42. The number of ether oxygens (including phenoxy) is 1. The van der Waals surface area contributed by atoms with Gasteiger partial charge in [-0.1, -0.05) is 41.9 Å². The number of hydrogen-bond acceptors (Lipinski definition) is 3. The van der Waals surface area contributed by atoms with Gasteiger partial charge in [0.05, 0.1) is 0 Å². The van der Waals surface area contributed by atoms with Crippen molar-refractivity contribution >= 4 is 23.4 Å². The largest absolute Gasteiger partial charge is 0.435 e. The number of alkyl halides is 3. The molecule has 1 aliphatic heterocycles. The lowest BCUT2D eigenvalue weighted by Crippen LogP contribution is -2.47. The first-order valence-corrected chi connectivity index (χ1v) is 9.76. The molecular formula is C21H22ClF3N2O2. The van der Waals surface area contributed by atoms with Gasteiger partial charge in [0.1, 0.15) is 0 Å². The van der Waals surface area contributed by atoms with Gasteiger partial charge in [0.2, 0.25) is 6.10 Å². The summed E-state index contributed by atoms with van der Waals surface area (Å²) in [6.45, 7) is 0.651. The summed E-state index contributed by atoms with van der Waals surface area (Å²) in [4.78, 5) is 13.7. The van der Waals surface area contributed by atoms with Gasteiger partial charge in [0, 0.05) is 23.8 Å². The topological polar surface area (TPSA) is 41.6 Å². The number of piperidine rings is 1. The molecule has 0 aromatic heterocycles. The van der Waals surface area contributed by atoms with E-state index in [-0.39, 0.29) is 12.5 Å². The molecule has 3 rings (SSSR count). The highest BCUT2D eigenvalue weighted by molar-refractivity contribution is 6.30. The van der Waals surface area contributed by atoms with Crippen LogP contribution in [-0.4, -0.2) is 42.9 Å². The predicted octanol–water partition coefficient (Wildman–Crippen LogP) is 5.70. The molecule has 156 valence electrons. The fourth-order valence-electron chi connectivity index (χ4n) is 3.47. The first kappa shape index (κ1) is 21.5. The van der Waals surface area contributed by atoms with Crippen molar-refractivity contribution in [2.45, 2.75) is 31.0 Å². The SMILES string of the molecule is O=C(Nc1ccc(Cl)cc1)O[C@@H](CN1CCC[C@H](c2ccccc2)C1)C(F)(F)F. The van der Waals surface area contributed by atoms with Crippen molar-refractivity contribution in [1.82, 2.24) is 4.90 Å². The second-order valence-electron chi connectivity index (χ2n) is 7.08. The van der Waals surface area contributed by atoms with Gasteiger partial charge in [-0.3, -0.25) is 10.2 Å². The summed E-state index contributed by atoms with van der Waals surface area (Å²) >= 11 is 5.76. The highest BCUT2D eigenvalue weighted by Gasteiger charge is 2.44. The summed E-state index contributed by atoms with van der Waals surface area (Å²) in [6, 6.07) is 15.8. The number of nitrogens with zero attached hydrogens (tertiary/aromatic N) is 1. The van der Waals surface area contributed by atoms with E-state index in [4.69, 9.17) is 16.3 Å². The lowest BCUT2D eigenvalue weighted by atomic mass is 9.90. The Hall–Kier alpha value is -2.25. The number of benzene rings is 2. The first-order chi connectivity index (χ1) is 13.8. The zero-order valence-electron chi connectivity index (χ0n) is 15.7. The lowest BCUT2D eigenvalue weighted by Gasteiger charge is -2.35. The van der Waals surface area contributed by atoms with E-state index in [1.54, 1.807) is 4.90 Å². The van der Waals surface area contributed by atoms with Gasteiger partial charge >= 0.3 is 12.3 Å². The Balaban J connectivity index is 1.61. The number of amides is 1. The number of anilines is 1. The van der Waals surface area contributed by atoms with E-state index in [0.29, 0.717) is 23.8 Å². The van der Waals surface area contributed by atoms with Crippen molar-refractivity contribution in [3.05, 3.63) is 65.2 Å².